The van der Waals surface area contributed by atoms with E-state index in [1.807, 2.05) is 4.90 Å². The molecule has 0 bridgehead atoms. The monoisotopic (exact) mass is 423 g/mol. The van der Waals surface area contributed by atoms with E-state index in [1.165, 1.54) is 29.5 Å². The Morgan fingerprint density at radius 1 is 1.29 bits per heavy atom. The van der Waals surface area contributed by atoms with Gasteiger partial charge in [0.15, 0.2) is 5.13 Å². The quantitative estimate of drug-likeness (QED) is 0.582. The third-order valence-electron chi connectivity index (χ3n) is 4.32. The van der Waals surface area contributed by atoms with Crippen LogP contribution in [0.3, 0.4) is 0 Å². The van der Waals surface area contributed by atoms with E-state index in [4.69, 9.17) is 4.74 Å². The lowest BCUT2D eigenvalue weighted by Gasteiger charge is -2.25. The molecule has 0 aliphatic carbocycles. The lowest BCUT2D eigenvalue weighted by Crippen LogP contribution is -2.41. The molecular formula is C16H17N5O5S2. The van der Waals surface area contributed by atoms with Crippen LogP contribution in [0.2, 0.25) is 0 Å². The number of aromatic nitrogens is 1. The van der Waals surface area contributed by atoms with Crippen LogP contribution in [-0.2, 0) is 26.0 Å². The van der Waals surface area contributed by atoms with Gasteiger partial charge in [0.2, 0.25) is 5.91 Å². The predicted octanol–water partition coefficient (Wildman–Crippen LogP) is 0.0976. The Morgan fingerprint density at radius 2 is 2.07 bits per heavy atom. The number of sulfonamides is 1. The second-order valence-corrected chi connectivity index (χ2v) is 8.74. The number of fused-ring (bicyclic) bond motifs is 1. The van der Waals surface area contributed by atoms with Gasteiger partial charge < -0.3 is 15.0 Å². The molecule has 1 aromatic heterocycles. The summed E-state index contributed by atoms with van der Waals surface area (Å²) in [6.07, 6.45) is 0.119. The second kappa shape index (κ2) is 7.47. The molecule has 10 nitrogen and oxygen atoms in total. The van der Waals surface area contributed by atoms with Gasteiger partial charge in [0.05, 0.1) is 24.5 Å². The van der Waals surface area contributed by atoms with Crippen LogP contribution in [0.4, 0.5) is 10.8 Å². The molecule has 2 amide bonds. The normalized spacial score (nSPS) is 16.6. The van der Waals surface area contributed by atoms with Gasteiger partial charge in [-0.1, -0.05) is 0 Å². The first-order valence-corrected chi connectivity index (χ1v) is 10.8. The zero-order chi connectivity index (χ0) is 19.7. The fraction of sp³-hybridized carbons (Fsp3) is 0.312. The molecule has 2 aliphatic rings. The van der Waals surface area contributed by atoms with Gasteiger partial charge in [-0.2, -0.15) is 0 Å². The van der Waals surface area contributed by atoms with E-state index in [0.717, 1.165) is 0 Å². The first-order chi connectivity index (χ1) is 13.4. The number of benzene rings is 1. The summed E-state index contributed by atoms with van der Waals surface area (Å²) >= 11 is 1.31. The zero-order valence-electron chi connectivity index (χ0n) is 14.6. The van der Waals surface area contributed by atoms with Crippen molar-refractivity contribution < 1.29 is 22.7 Å². The fourth-order valence-corrected chi connectivity index (χ4v) is 4.63. The molecule has 4 rings (SSSR count). The number of ether oxygens (including phenoxy) is 1. The summed E-state index contributed by atoms with van der Waals surface area (Å²) in [4.78, 5) is 31.9. The van der Waals surface area contributed by atoms with Crippen LogP contribution in [0, 0.1) is 0 Å². The minimum Gasteiger partial charge on any atom is -0.378 e. The average molecular weight is 423 g/mol. The molecular weight excluding hydrogens is 406 g/mol. The van der Waals surface area contributed by atoms with E-state index in [2.05, 4.69) is 20.6 Å². The largest absolute Gasteiger partial charge is 0.378 e. The number of rotatable bonds is 5. The molecule has 148 valence electrons. The Bertz CT molecular complexity index is 1030. The number of hydrazine groups is 1. The summed E-state index contributed by atoms with van der Waals surface area (Å²) < 4.78 is 30.1. The molecule has 0 radical (unpaired) electrons. The summed E-state index contributed by atoms with van der Waals surface area (Å²) in [7, 11) is -3.99. The van der Waals surface area contributed by atoms with Crippen molar-refractivity contribution in [3.05, 3.63) is 34.8 Å². The number of hydrogen-bond donors (Lipinski definition) is 3. The van der Waals surface area contributed by atoms with E-state index in [0.29, 0.717) is 42.7 Å². The maximum absolute atomic E-state index is 12.4. The average Bonchev–Trinajstić information content (AvgIpc) is 3.32. The highest BCUT2D eigenvalue weighted by molar-refractivity contribution is 7.89. The molecule has 2 aliphatic heterocycles. The third-order valence-corrected chi connectivity index (χ3v) is 6.46. The topological polar surface area (TPSA) is 130 Å². The van der Waals surface area contributed by atoms with Crippen LogP contribution in [0.25, 0.3) is 0 Å². The molecule has 1 saturated heterocycles. The number of anilines is 2. The van der Waals surface area contributed by atoms with Crippen molar-refractivity contribution in [2.75, 3.05) is 36.5 Å². The van der Waals surface area contributed by atoms with Gasteiger partial charge in [0.1, 0.15) is 5.69 Å². The third kappa shape index (κ3) is 3.85. The highest BCUT2D eigenvalue weighted by Crippen LogP contribution is 2.25. The molecule has 28 heavy (non-hydrogen) atoms. The number of nitrogens with one attached hydrogen (secondary N) is 3. The lowest BCUT2D eigenvalue weighted by atomic mass is 10.2. The van der Waals surface area contributed by atoms with Crippen molar-refractivity contribution in [2.24, 2.45) is 0 Å². The standard InChI is InChI=1S/C16H17N5O5S2/c22-14-8-10-7-11(1-2-12(10)17-14)28(24,25)20-19-15(23)13-9-27-16(18-13)21-3-5-26-6-4-21/h1-2,7,9,20H,3-6,8H2,(H,17,22)(H,19,23). The SMILES string of the molecule is O=C1Cc2cc(S(=O)(=O)NNC(=O)c3csc(N4CCOCC4)n3)ccc2N1. The van der Waals surface area contributed by atoms with Gasteiger partial charge in [-0.05, 0) is 23.8 Å². The van der Waals surface area contributed by atoms with Crippen LogP contribution in [0.15, 0.2) is 28.5 Å². The molecule has 3 N–H and O–H groups in total. The van der Waals surface area contributed by atoms with Gasteiger partial charge in [-0.25, -0.2) is 13.4 Å². The number of carbonyl (C=O) groups is 2. The molecule has 1 fully saturated rings. The van der Waals surface area contributed by atoms with Crippen molar-refractivity contribution in [1.29, 1.82) is 0 Å². The van der Waals surface area contributed by atoms with Crippen LogP contribution in [0.1, 0.15) is 16.1 Å². The van der Waals surface area contributed by atoms with Gasteiger partial charge in [0.25, 0.3) is 15.9 Å². The Hall–Kier alpha value is -2.54. The molecule has 0 saturated carbocycles. The minimum atomic E-state index is -3.99. The smallest absolute Gasteiger partial charge is 0.285 e. The van der Waals surface area contributed by atoms with Crippen molar-refractivity contribution >= 4 is 44.0 Å². The van der Waals surface area contributed by atoms with Crippen molar-refractivity contribution in [3.8, 4) is 0 Å². The molecule has 1 aromatic carbocycles. The Morgan fingerprint density at radius 3 is 2.86 bits per heavy atom. The second-order valence-electron chi connectivity index (χ2n) is 6.22. The molecule has 3 heterocycles. The van der Waals surface area contributed by atoms with Gasteiger partial charge >= 0.3 is 0 Å². The van der Waals surface area contributed by atoms with E-state index in [9.17, 15) is 18.0 Å². The maximum Gasteiger partial charge on any atom is 0.285 e. The van der Waals surface area contributed by atoms with Crippen LogP contribution >= 0.6 is 11.3 Å². The van der Waals surface area contributed by atoms with E-state index in [-0.39, 0.29) is 22.9 Å². The summed E-state index contributed by atoms with van der Waals surface area (Å²) in [6.45, 7) is 2.58. The van der Waals surface area contributed by atoms with E-state index < -0.39 is 15.9 Å². The Balaban J connectivity index is 1.41. The van der Waals surface area contributed by atoms with Crippen LogP contribution in [0.5, 0.6) is 0 Å². The van der Waals surface area contributed by atoms with Crippen molar-refractivity contribution in [2.45, 2.75) is 11.3 Å². The molecule has 12 heteroatoms. The lowest BCUT2D eigenvalue weighted by molar-refractivity contribution is -0.115. The highest BCUT2D eigenvalue weighted by Gasteiger charge is 2.23. The Labute approximate surface area is 164 Å². The molecule has 2 aromatic rings. The van der Waals surface area contributed by atoms with Gasteiger partial charge in [0, 0.05) is 24.2 Å². The minimum absolute atomic E-state index is 0.0460. The molecule has 0 spiro atoms. The first-order valence-electron chi connectivity index (χ1n) is 8.45. The van der Waals surface area contributed by atoms with Gasteiger partial charge in [-0.3, -0.25) is 15.0 Å². The Kier molecular flexibility index (Phi) is 5.02. The molecule has 0 atom stereocenters. The van der Waals surface area contributed by atoms with Crippen LogP contribution < -0.4 is 20.5 Å². The number of thiazole rings is 1. The number of morpholine rings is 1. The summed E-state index contributed by atoms with van der Waals surface area (Å²) in [5.41, 5.74) is 3.48. The van der Waals surface area contributed by atoms with Crippen molar-refractivity contribution in [1.82, 2.24) is 15.2 Å². The first kappa shape index (κ1) is 18.8. The number of carbonyl (C=O) groups excluding carboxylic acids is 2. The summed E-state index contributed by atoms with van der Waals surface area (Å²) in [5, 5.41) is 4.89. The summed E-state index contributed by atoms with van der Waals surface area (Å²) in [5.74, 6) is -0.845. The van der Waals surface area contributed by atoms with Crippen LogP contribution in [-0.4, -0.2) is 51.5 Å². The zero-order valence-corrected chi connectivity index (χ0v) is 16.2. The van der Waals surface area contributed by atoms with Crippen molar-refractivity contribution in [3.63, 3.8) is 0 Å². The van der Waals surface area contributed by atoms with Gasteiger partial charge in [-0.15, -0.1) is 16.2 Å². The number of hydrogen-bond acceptors (Lipinski definition) is 8. The fourth-order valence-electron chi connectivity index (χ4n) is 2.88. The summed E-state index contributed by atoms with van der Waals surface area (Å²) in [6, 6.07) is 4.28. The number of amides is 2. The predicted molar refractivity (Wildman–Crippen MR) is 102 cm³/mol. The molecule has 0 unspecified atom stereocenters. The van der Waals surface area contributed by atoms with E-state index >= 15 is 0 Å². The maximum atomic E-state index is 12.4. The number of nitrogens with zero attached hydrogens (tertiary/aromatic N) is 2. The highest BCUT2D eigenvalue weighted by atomic mass is 32.2. The van der Waals surface area contributed by atoms with E-state index in [1.54, 1.807) is 5.38 Å².